The number of rotatable bonds is 6. The van der Waals surface area contributed by atoms with Gasteiger partial charge in [-0.1, -0.05) is 35.9 Å². The first-order valence-corrected chi connectivity index (χ1v) is 14.3. The Morgan fingerprint density at radius 2 is 1.73 bits per heavy atom. The molecule has 0 bridgehead atoms. The van der Waals surface area contributed by atoms with E-state index < -0.39 is 22.4 Å². The number of fused-ring (bicyclic) bond motifs is 1. The van der Waals surface area contributed by atoms with Crippen LogP contribution < -0.4 is 5.32 Å². The molecule has 0 aliphatic carbocycles. The quantitative estimate of drug-likeness (QED) is 0.269. The Kier molecular flexibility index (Phi) is 6.71. The standard InChI is InChI=1S/C29H26F3N5O2S/c1-18-5-7-23(8-6-18)40(38,39)37-17-25(19-3-2-4-20(13-19)27(30)31)24-14-21(15-34-29(24)37)26-16-36(35-28(26)32)22-9-11-33-12-10-22/h2-8,13-17,22,27,33H,9-12H2,1H3. The highest BCUT2D eigenvalue weighted by atomic mass is 32.2. The van der Waals surface area contributed by atoms with E-state index in [4.69, 9.17) is 0 Å². The smallest absolute Gasteiger partial charge is 0.269 e. The Labute approximate surface area is 229 Å². The number of alkyl halides is 2. The van der Waals surface area contributed by atoms with E-state index in [0.717, 1.165) is 35.5 Å². The molecule has 1 saturated heterocycles. The molecule has 0 unspecified atom stereocenters. The predicted molar refractivity (Wildman–Crippen MR) is 146 cm³/mol. The summed E-state index contributed by atoms with van der Waals surface area (Å²) in [5.41, 5.74) is 2.22. The second kappa shape index (κ2) is 10.2. The zero-order chi connectivity index (χ0) is 28.0. The van der Waals surface area contributed by atoms with Crippen LogP contribution >= 0.6 is 0 Å². The van der Waals surface area contributed by atoms with E-state index >= 15 is 4.39 Å². The van der Waals surface area contributed by atoms with Crippen LogP contribution in [0.3, 0.4) is 0 Å². The molecule has 3 aromatic heterocycles. The van der Waals surface area contributed by atoms with E-state index in [-0.39, 0.29) is 27.7 Å². The molecule has 5 aromatic rings. The molecule has 6 rings (SSSR count). The monoisotopic (exact) mass is 565 g/mol. The predicted octanol–water partition coefficient (Wildman–Crippen LogP) is 6.11. The van der Waals surface area contributed by atoms with Gasteiger partial charge in [0.05, 0.1) is 16.5 Å². The van der Waals surface area contributed by atoms with Gasteiger partial charge in [0, 0.05) is 40.7 Å². The Morgan fingerprint density at radius 3 is 2.45 bits per heavy atom. The van der Waals surface area contributed by atoms with Gasteiger partial charge in [-0.3, -0.25) is 4.68 Å². The fraction of sp³-hybridized carbons (Fsp3) is 0.241. The Hall–Kier alpha value is -3.96. The maximum atomic E-state index is 15.1. The number of nitrogens with one attached hydrogen (secondary N) is 1. The van der Waals surface area contributed by atoms with Crippen molar-refractivity contribution in [3.05, 3.63) is 90.3 Å². The molecular formula is C29H26F3N5O2S. The van der Waals surface area contributed by atoms with E-state index in [2.05, 4.69) is 15.4 Å². The molecule has 0 atom stereocenters. The van der Waals surface area contributed by atoms with Crippen LogP contribution in [0.1, 0.15) is 36.4 Å². The van der Waals surface area contributed by atoms with Gasteiger partial charge in [0.1, 0.15) is 0 Å². The summed E-state index contributed by atoms with van der Waals surface area (Å²) in [6.07, 6.45) is 3.38. The average molecular weight is 566 g/mol. The maximum absolute atomic E-state index is 15.1. The van der Waals surface area contributed by atoms with Crippen LogP contribution in [0.4, 0.5) is 13.2 Å². The van der Waals surface area contributed by atoms with Gasteiger partial charge in [0.15, 0.2) is 5.65 Å². The first kappa shape index (κ1) is 26.3. The summed E-state index contributed by atoms with van der Waals surface area (Å²) in [5.74, 6) is -0.660. The third kappa shape index (κ3) is 4.69. The number of nitrogens with zero attached hydrogens (tertiary/aromatic N) is 4. The molecule has 2 aromatic carbocycles. The van der Waals surface area contributed by atoms with Crippen LogP contribution in [0.2, 0.25) is 0 Å². The van der Waals surface area contributed by atoms with E-state index in [1.807, 2.05) is 6.92 Å². The van der Waals surface area contributed by atoms with Crippen molar-refractivity contribution in [2.24, 2.45) is 0 Å². The highest BCUT2D eigenvalue weighted by Gasteiger charge is 2.25. The lowest BCUT2D eigenvalue weighted by Crippen LogP contribution is -2.29. The molecule has 1 aliphatic heterocycles. The van der Waals surface area contributed by atoms with E-state index in [1.54, 1.807) is 35.1 Å². The second-order valence-electron chi connectivity index (χ2n) is 9.97. The molecule has 7 nitrogen and oxygen atoms in total. The number of hydrogen-bond donors (Lipinski definition) is 1. The van der Waals surface area contributed by atoms with Crippen molar-refractivity contribution in [2.75, 3.05) is 13.1 Å². The van der Waals surface area contributed by atoms with E-state index in [9.17, 15) is 17.2 Å². The Morgan fingerprint density at radius 1 is 0.975 bits per heavy atom. The fourth-order valence-corrected chi connectivity index (χ4v) is 6.45. The first-order chi connectivity index (χ1) is 19.2. The molecule has 1 aliphatic rings. The minimum atomic E-state index is -4.08. The van der Waals surface area contributed by atoms with Crippen LogP contribution in [0.15, 0.2) is 78.1 Å². The summed E-state index contributed by atoms with van der Waals surface area (Å²) in [6.45, 7) is 3.49. The number of benzene rings is 2. The zero-order valence-electron chi connectivity index (χ0n) is 21.6. The number of aromatic nitrogens is 4. The summed E-state index contributed by atoms with van der Waals surface area (Å²) >= 11 is 0. The van der Waals surface area contributed by atoms with Gasteiger partial charge in [0.25, 0.3) is 16.4 Å². The van der Waals surface area contributed by atoms with E-state index in [1.165, 1.54) is 42.7 Å². The third-order valence-corrected chi connectivity index (χ3v) is 8.98. The molecule has 0 saturated carbocycles. The highest BCUT2D eigenvalue weighted by molar-refractivity contribution is 7.90. The summed E-state index contributed by atoms with van der Waals surface area (Å²) < 4.78 is 72.3. The van der Waals surface area contributed by atoms with Crippen molar-refractivity contribution in [1.82, 2.24) is 24.1 Å². The van der Waals surface area contributed by atoms with Gasteiger partial charge in [-0.15, -0.1) is 5.10 Å². The Balaban J connectivity index is 1.53. The van der Waals surface area contributed by atoms with Crippen LogP contribution in [-0.4, -0.2) is 40.2 Å². The SMILES string of the molecule is Cc1ccc(S(=O)(=O)n2cc(-c3cccc(C(F)F)c3)c3cc(-c4cn(C5CCNCC5)nc4F)cnc32)cc1. The van der Waals surface area contributed by atoms with Crippen LogP contribution in [0, 0.1) is 12.9 Å². The molecule has 0 amide bonds. The average Bonchev–Trinajstić information content (AvgIpc) is 3.55. The van der Waals surface area contributed by atoms with Gasteiger partial charge in [0.2, 0.25) is 5.95 Å². The lowest BCUT2D eigenvalue weighted by molar-refractivity contribution is 0.151. The molecule has 11 heteroatoms. The number of halogens is 3. The third-order valence-electron chi connectivity index (χ3n) is 7.32. The second-order valence-corrected chi connectivity index (χ2v) is 11.8. The van der Waals surface area contributed by atoms with Crippen molar-refractivity contribution >= 4 is 21.1 Å². The van der Waals surface area contributed by atoms with E-state index in [0.29, 0.717) is 22.1 Å². The van der Waals surface area contributed by atoms with Crippen LogP contribution in [-0.2, 0) is 10.0 Å². The normalized spacial score (nSPS) is 14.8. The molecule has 40 heavy (non-hydrogen) atoms. The molecule has 0 spiro atoms. The summed E-state index contributed by atoms with van der Waals surface area (Å²) in [5, 5.41) is 7.76. The maximum Gasteiger partial charge on any atom is 0.269 e. The molecule has 1 N–H and O–H groups in total. The molecule has 206 valence electrons. The molecule has 1 fully saturated rings. The van der Waals surface area contributed by atoms with Crippen LogP contribution in [0.5, 0.6) is 0 Å². The van der Waals surface area contributed by atoms with Crippen molar-refractivity contribution < 1.29 is 21.6 Å². The summed E-state index contributed by atoms with van der Waals surface area (Å²) in [6, 6.07) is 13.9. The van der Waals surface area contributed by atoms with Gasteiger partial charge in [-0.05, 0) is 62.7 Å². The lowest BCUT2D eigenvalue weighted by Gasteiger charge is -2.22. The molecule has 4 heterocycles. The Bertz CT molecular complexity index is 1810. The minimum Gasteiger partial charge on any atom is -0.317 e. The zero-order valence-corrected chi connectivity index (χ0v) is 22.4. The lowest BCUT2D eigenvalue weighted by atomic mass is 10.0. The molecule has 0 radical (unpaired) electrons. The fourth-order valence-electron chi connectivity index (χ4n) is 5.13. The first-order valence-electron chi connectivity index (χ1n) is 12.9. The number of hydrogen-bond acceptors (Lipinski definition) is 5. The summed E-state index contributed by atoms with van der Waals surface area (Å²) in [4.78, 5) is 4.51. The number of aryl methyl sites for hydroxylation is 1. The van der Waals surface area contributed by atoms with Gasteiger partial charge in [-0.25, -0.2) is 26.2 Å². The van der Waals surface area contributed by atoms with Crippen molar-refractivity contribution in [3.63, 3.8) is 0 Å². The number of pyridine rings is 1. The van der Waals surface area contributed by atoms with Crippen molar-refractivity contribution in [3.8, 4) is 22.3 Å². The van der Waals surface area contributed by atoms with Gasteiger partial charge >= 0.3 is 0 Å². The summed E-state index contributed by atoms with van der Waals surface area (Å²) in [7, 11) is -4.08. The van der Waals surface area contributed by atoms with Crippen molar-refractivity contribution in [1.29, 1.82) is 0 Å². The van der Waals surface area contributed by atoms with Crippen LogP contribution in [0.25, 0.3) is 33.3 Å². The number of piperidine rings is 1. The largest absolute Gasteiger partial charge is 0.317 e. The van der Waals surface area contributed by atoms with Gasteiger partial charge < -0.3 is 5.32 Å². The highest BCUT2D eigenvalue weighted by Crippen LogP contribution is 2.36. The topological polar surface area (TPSA) is 81.8 Å². The minimum absolute atomic E-state index is 0.0584. The van der Waals surface area contributed by atoms with Crippen molar-refractivity contribution in [2.45, 2.75) is 37.1 Å². The van der Waals surface area contributed by atoms with Gasteiger partial charge in [-0.2, -0.15) is 4.39 Å². The molecular weight excluding hydrogens is 539 g/mol.